The molecule has 2 N–H and O–H groups in total. The lowest BCUT2D eigenvalue weighted by Gasteiger charge is -2.44. The van der Waals surface area contributed by atoms with Crippen molar-refractivity contribution < 1.29 is 27.0 Å². The maximum atomic E-state index is 16.7. The Morgan fingerprint density at radius 2 is 1.82 bits per heavy atom. The highest BCUT2D eigenvalue weighted by molar-refractivity contribution is 6.34. The van der Waals surface area contributed by atoms with Crippen molar-refractivity contribution in [2.75, 3.05) is 43.9 Å². The van der Waals surface area contributed by atoms with E-state index in [1.165, 1.54) is 13.0 Å². The number of likely N-dealkylation sites (tertiary alicyclic amines) is 1. The van der Waals surface area contributed by atoms with Gasteiger partial charge in [-0.05, 0) is 76.7 Å². The van der Waals surface area contributed by atoms with Crippen LogP contribution in [-0.4, -0.2) is 71.4 Å². The van der Waals surface area contributed by atoms with E-state index in [0.717, 1.165) is 57.6 Å². The summed E-state index contributed by atoms with van der Waals surface area (Å²) in [6.45, 7) is 3.74. The van der Waals surface area contributed by atoms with Crippen LogP contribution in [0.3, 0.4) is 0 Å². The molecule has 0 amide bonds. The van der Waals surface area contributed by atoms with Crippen molar-refractivity contribution in [1.29, 1.82) is 0 Å². The van der Waals surface area contributed by atoms with Crippen molar-refractivity contribution in [2.24, 2.45) is 5.41 Å². The number of benzene rings is 1. The van der Waals surface area contributed by atoms with Crippen molar-refractivity contribution in [3.05, 3.63) is 34.1 Å². The normalized spacial score (nSPS) is 27.2. The number of alkyl halides is 3. The molecular weight excluding hydrogens is 600 g/mol. The maximum Gasteiger partial charge on any atom is 0.418 e. The highest BCUT2D eigenvalue weighted by Gasteiger charge is 2.47. The van der Waals surface area contributed by atoms with Crippen molar-refractivity contribution in [3.63, 3.8) is 0 Å². The van der Waals surface area contributed by atoms with E-state index in [-0.39, 0.29) is 50.9 Å². The monoisotopic (exact) mass is 634 g/mol. The number of nitrogens with zero attached hydrogens (tertiary/aromatic N) is 5. The number of pyridine rings is 1. The predicted molar refractivity (Wildman–Crippen MR) is 159 cm³/mol. The average Bonchev–Trinajstić information content (AvgIpc) is 3.54. The molecule has 3 saturated heterocycles. The highest BCUT2D eigenvalue weighted by Crippen LogP contribution is 2.48. The molecule has 0 spiro atoms. The first kappa shape index (κ1) is 29.7. The molecule has 236 valence electrons. The summed E-state index contributed by atoms with van der Waals surface area (Å²) in [6.07, 6.45) is 2.28. The van der Waals surface area contributed by atoms with Crippen LogP contribution in [0.15, 0.2) is 12.1 Å². The molecule has 4 atom stereocenters. The lowest BCUT2D eigenvalue weighted by molar-refractivity contribution is -0.137. The third-order valence-electron chi connectivity index (χ3n) is 10.0. The molecule has 8 nitrogen and oxygen atoms in total. The average molecular weight is 635 g/mol. The summed E-state index contributed by atoms with van der Waals surface area (Å²) in [7, 11) is 2.14. The standard InChI is InChI=1S/C31H35ClF4N6O2/c1-16-11-22(37)38-27(24(16)31(34,35)36)23-20(32)12-19-26(25(23)33)39-29(40-28(19)42-13-17-6-7-18(14-42)44-17)43-15-30-8-3-5-21(30)41(2)10-4-9-30/h11-12,17-18,21H,3-10,13-15H2,1-2H3,(H2,37,38)/t17?,18?,21-,30-/m1/s1. The minimum absolute atomic E-state index is 0.00690. The molecule has 1 aliphatic carbocycles. The van der Waals surface area contributed by atoms with Gasteiger partial charge in [-0.25, -0.2) is 9.37 Å². The molecule has 0 radical (unpaired) electrons. The zero-order valence-electron chi connectivity index (χ0n) is 24.7. The number of piperidine rings is 1. The van der Waals surface area contributed by atoms with Crippen LogP contribution in [0.1, 0.15) is 56.1 Å². The number of halogens is 5. The molecule has 4 fully saturated rings. The zero-order chi connectivity index (χ0) is 31.0. The topological polar surface area (TPSA) is 89.6 Å². The summed E-state index contributed by atoms with van der Waals surface area (Å²) >= 11 is 6.60. The second kappa shape index (κ2) is 10.8. The van der Waals surface area contributed by atoms with Crippen LogP contribution in [0.4, 0.5) is 29.2 Å². The van der Waals surface area contributed by atoms with E-state index in [1.807, 2.05) is 4.90 Å². The Kier molecular flexibility index (Phi) is 7.32. The number of ether oxygens (including phenoxy) is 2. The summed E-state index contributed by atoms with van der Waals surface area (Å²) < 4.78 is 71.8. The molecule has 2 unspecified atom stereocenters. The summed E-state index contributed by atoms with van der Waals surface area (Å²) in [6, 6.07) is 2.90. The molecule has 1 saturated carbocycles. The number of aromatic nitrogens is 3. The molecule has 3 aromatic rings. The summed E-state index contributed by atoms with van der Waals surface area (Å²) in [5, 5.41) is 0.0408. The summed E-state index contributed by atoms with van der Waals surface area (Å²) in [5.74, 6) is -0.791. The first-order valence-corrected chi connectivity index (χ1v) is 15.6. The van der Waals surface area contributed by atoms with Gasteiger partial charge in [0.2, 0.25) is 0 Å². The molecule has 1 aromatic carbocycles. The molecule has 44 heavy (non-hydrogen) atoms. The van der Waals surface area contributed by atoms with Crippen molar-refractivity contribution in [1.82, 2.24) is 19.9 Å². The molecule has 13 heteroatoms. The van der Waals surface area contributed by atoms with Crippen LogP contribution >= 0.6 is 11.6 Å². The Bertz CT molecular complexity index is 1610. The lowest BCUT2D eigenvalue weighted by Crippen LogP contribution is -2.50. The van der Waals surface area contributed by atoms with E-state index in [1.54, 1.807) is 0 Å². The molecular formula is C31H35ClF4N6O2. The fraction of sp³-hybridized carbons (Fsp3) is 0.581. The van der Waals surface area contributed by atoms with E-state index in [4.69, 9.17) is 31.8 Å². The lowest BCUT2D eigenvalue weighted by atomic mass is 9.76. The zero-order valence-corrected chi connectivity index (χ0v) is 25.4. The van der Waals surface area contributed by atoms with Crippen molar-refractivity contribution in [2.45, 2.75) is 76.3 Å². The van der Waals surface area contributed by atoms with Crippen LogP contribution in [0, 0.1) is 18.2 Å². The fourth-order valence-corrected chi connectivity index (χ4v) is 8.37. The maximum absolute atomic E-state index is 16.7. The van der Waals surface area contributed by atoms with Gasteiger partial charge >= 0.3 is 12.2 Å². The van der Waals surface area contributed by atoms with E-state index in [0.29, 0.717) is 31.6 Å². The Hall–Kier alpha value is -2.96. The van der Waals surface area contributed by atoms with E-state index < -0.39 is 28.8 Å². The van der Waals surface area contributed by atoms with Gasteiger partial charge in [-0.2, -0.15) is 23.1 Å². The number of aryl methyl sites for hydroxylation is 1. The van der Waals surface area contributed by atoms with Gasteiger partial charge in [0.25, 0.3) is 0 Å². The van der Waals surface area contributed by atoms with Gasteiger partial charge in [0.15, 0.2) is 5.82 Å². The second-order valence-corrected chi connectivity index (χ2v) is 13.3. The number of hydrogen-bond acceptors (Lipinski definition) is 8. The quantitative estimate of drug-likeness (QED) is 0.323. The van der Waals surface area contributed by atoms with Gasteiger partial charge < -0.3 is 25.0 Å². The van der Waals surface area contributed by atoms with Gasteiger partial charge in [0.05, 0.1) is 40.7 Å². The minimum atomic E-state index is -4.83. The Balaban J connectivity index is 1.37. The first-order chi connectivity index (χ1) is 20.9. The van der Waals surface area contributed by atoms with Gasteiger partial charge in [0, 0.05) is 29.9 Å². The minimum Gasteiger partial charge on any atom is -0.463 e. The number of anilines is 2. The second-order valence-electron chi connectivity index (χ2n) is 12.9. The van der Waals surface area contributed by atoms with Gasteiger partial charge in [-0.3, -0.25) is 0 Å². The number of hydrogen-bond donors (Lipinski definition) is 1. The summed E-state index contributed by atoms with van der Waals surface area (Å²) in [4.78, 5) is 17.6. The first-order valence-electron chi connectivity index (χ1n) is 15.2. The van der Waals surface area contributed by atoms with E-state index >= 15 is 4.39 Å². The van der Waals surface area contributed by atoms with Crippen LogP contribution in [-0.2, 0) is 10.9 Å². The Labute approximate surface area is 257 Å². The predicted octanol–water partition coefficient (Wildman–Crippen LogP) is 6.40. The van der Waals surface area contributed by atoms with Gasteiger partial charge in [-0.1, -0.05) is 18.0 Å². The van der Waals surface area contributed by atoms with Crippen LogP contribution in [0.25, 0.3) is 22.2 Å². The summed E-state index contributed by atoms with van der Waals surface area (Å²) in [5.41, 5.74) is 3.14. The number of nitrogens with two attached hydrogens (primary N) is 1. The largest absolute Gasteiger partial charge is 0.463 e. The molecule has 3 aliphatic heterocycles. The smallest absolute Gasteiger partial charge is 0.418 e. The number of fused-ring (bicyclic) bond motifs is 4. The molecule has 5 heterocycles. The van der Waals surface area contributed by atoms with Crippen LogP contribution in [0.5, 0.6) is 6.01 Å². The Morgan fingerprint density at radius 1 is 1.09 bits per heavy atom. The number of rotatable bonds is 5. The molecule has 2 bridgehead atoms. The Morgan fingerprint density at radius 3 is 2.55 bits per heavy atom. The van der Waals surface area contributed by atoms with Gasteiger partial charge in [-0.15, -0.1) is 0 Å². The molecule has 4 aliphatic rings. The third-order valence-corrected chi connectivity index (χ3v) is 10.3. The SMILES string of the molecule is Cc1cc(N)nc(-c2c(Cl)cc3c(N4CC5CCC(C4)O5)nc(OC[C@]45CCC[C@H]4N(C)CCC5)nc3c2F)c1C(F)(F)F. The van der Waals surface area contributed by atoms with Gasteiger partial charge in [0.1, 0.15) is 17.2 Å². The molecule has 7 rings (SSSR count). The number of morpholine rings is 1. The van der Waals surface area contributed by atoms with E-state index in [9.17, 15) is 13.2 Å². The van der Waals surface area contributed by atoms with Crippen LogP contribution < -0.4 is 15.4 Å². The van der Waals surface area contributed by atoms with Crippen molar-refractivity contribution >= 4 is 34.1 Å². The van der Waals surface area contributed by atoms with E-state index in [2.05, 4.69) is 21.9 Å². The highest BCUT2D eigenvalue weighted by atomic mass is 35.5. The van der Waals surface area contributed by atoms with Crippen LogP contribution in [0.2, 0.25) is 5.02 Å². The third kappa shape index (κ3) is 5.02. The number of nitrogen functional groups attached to an aromatic ring is 1. The molecule has 2 aromatic heterocycles. The van der Waals surface area contributed by atoms with Crippen molar-refractivity contribution in [3.8, 4) is 17.3 Å². The fourth-order valence-electron chi connectivity index (χ4n) is 8.09.